The second-order valence-electron chi connectivity index (χ2n) is 3.82. The Labute approximate surface area is 104 Å². The molecule has 0 radical (unpaired) electrons. The van der Waals surface area contributed by atoms with Crippen molar-refractivity contribution in [3.63, 3.8) is 0 Å². The quantitative estimate of drug-likeness (QED) is 0.864. The summed E-state index contributed by atoms with van der Waals surface area (Å²) < 4.78 is 3.08. The summed E-state index contributed by atoms with van der Waals surface area (Å²) in [7, 11) is 1.98. The Morgan fingerprint density at radius 1 is 1.44 bits per heavy atom. The number of hydrogen-bond acceptors (Lipinski definition) is 2. The van der Waals surface area contributed by atoms with Crippen molar-refractivity contribution in [3.8, 4) is 0 Å². The Hall–Kier alpha value is -1.16. The van der Waals surface area contributed by atoms with Gasteiger partial charge in [0, 0.05) is 17.4 Å². The van der Waals surface area contributed by atoms with Crippen LogP contribution in [0.1, 0.15) is 30.7 Å². The van der Waals surface area contributed by atoms with Crippen LogP contribution in [0.3, 0.4) is 0 Å². The zero-order valence-electron chi connectivity index (χ0n) is 9.39. The number of hydrogen-bond donors (Lipinski definition) is 0. The van der Waals surface area contributed by atoms with Crippen molar-refractivity contribution in [2.75, 3.05) is 0 Å². The molecule has 0 amide bonds. The summed E-state index contributed by atoms with van der Waals surface area (Å²) in [5, 5.41) is 8.13. The van der Waals surface area contributed by atoms with E-state index < -0.39 is 0 Å². The number of aromatic nitrogens is 3. The Morgan fingerprint density at radius 2 is 2.25 bits per heavy atom. The molecule has 16 heavy (non-hydrogen) atoms. The Balaban J connectivity index is 2.40. The fourth-order valence-electron chi connectivity index (χ4n) is 1.90. The first-order valence-electron chi connectivity index (χ1n) is 5.31. The minimum atomic E-state index is 0.310. The van der Waals surface area contributed by atoms with Crippen molar-refractivity contribution in [2.24, 2.45) is 7.05 Å². The number of halogens is 1. The number of rotatable bonds is 3. The van der Waals surface area contributed by atoms with Crippen LogP contribution in [0.5, 0.6) is 0 Å². The van der Waals surface area contributed by atoms with E-state index in [4.69, 9.17) is 0 Å². The van der Waals surface area contributed by atoms with Crippen LogP contribution in [0.4, 0.5) is 0 Å². The van der Waals surface area contributed by atoms with Gasteiger partial charge in [-0.3, -0.25) is 0 Å². The summed E-state index contributed by atoms with van der Waals surface area (Å²) in [6.07, 6.45) is 2.76. The van der Waals surface area contributed by atoms with Gasteiger partial charge in [0.25, 0.3) is 0 Å². The maximum Gasteiger partial charge on any atom is 0.140 e. The van der Waals surface area contributed by atoms with Gasteiger partial charge in [-0.25, -0.2) is 0 Å². The predicted octanol–water partition coefficient (Wildman–Crippen LogP) is 3.12. The molecule has 0 spiro atoms. The monoisotopic (exact) mass is 279 g/mol. The molecule has 0 fully saturated rings. The first-order valence-corrected chi connectivity index (χ1v) is 6.11. The number of benzene rings is 1. The van der Waals surface area contributed by atoms with Crippen LogP contribution >= 0.6 is 15.9 Å². The normalized spacial score (nSPS) is 12.7. The summed E-state index contributed by atoms with van der Waals surface area (Å²) in [6.45, 7) is 2.17. The van der Waals surface area contributed by atoms with Gasteiger partial charge in [-0.05, 0) is 24.1 Å². The molecule has 1 heterocycles. The Bertz CT molecular complexity index is 479. The SMILES string of the molecule is CCC(c1cccc(Br)c1)c1nncn1C. The maximum absolute atomic E-state index is 4.19. The van der Waals surface area contributed by atoms with Crippen molar-refractivity contribution in [1.82, 2.24) is 14.8 Å². The first-order chi connectivity index (χ1) is 7.72. The molecule has 0 aliphatic carbocycles. The van der Waals surface area contributed by atoms with Gasteiger partial charge in [0.05, 0.1) is 0 Å². The van der Waals surface area contributed by atoms with Gasteiger partial charge in [0.2, 0.25) is 0 Å². The lowest BCUT2D eigenvalue weighted by Crippen LogP contribution is -2.06. The third kappa shape index (κ3) is 2.16. The molecule has 0 saturated heterocycles. The summed E-state index contributed by atoms with van der Waals surface area (Å²) in [6, 6.07) is 8.36. The van der Waals surface area contributed by atoms with E-state index in [1.54, 1.807) is 6.33 Å². The second-order valence-corrected chi connectivity index (χ2v) is 4.73. The zero-order chi connectivity index (χ0) is 11.5. The van der Waals surface area contributed by atoms with Gasteiger partial charge in [0.1, 0.15) is 12.2 Å². The molecule has 0 N–H and O–H groups in total. The molecule has 4 heteroatoms. The standard InChI is InChI=1S/C12H14BrN3/c1-3-11(12-15-14-8-16(12)2)9-5-4-6-10(13)7-9/h4-8,11H,3H2,1-2H3. The van der Waals surface area contributed by atoms with Crippen LogP contribution in [0.25, 0.3) is 0 Å². The fourth-order valence-corrected chi connectivity index (χ4v) is 2.32. The molecule has 1 aromatic heterocycles. The molecule has 1 aromatic carbocycles. The van der Waals surface area contributed by atoms with E-state index in [-0.39, 0.29) is 0 Å². The van der Waals surface area contributed by atoms with Crippen LogP contribution in [0, 0.1) is 0 Å². The molecule has 1 unspecified atom stereocenters. The van der Waals surface area contributed by atoms with Gasteiger partial charge in [-0.1, -0.05) is 35.0 Å². The molecular formula is C12H14BrN3. The zero-order valence-corrected chi connectivity index (χ0v) is 11.0. The molecule has 0 saturated carbocycles. The summed E-state index contributed by atoms with van der Waals surface area (Å²) in [5.74, 6) is 1.32. The van der Waals surface area contributed by atoms with Crippen LogP contribution in [0.2, 0.25) is 0 Å². The van der Waals surface area contributed by atoms with Crippen LogP contribution in [-0.2, 0) is 7.05 Å². The Kier molecular flexibility index (Phi) is 3.39. The lowest BCUT2D eigenvalue weighted by Gasteiger charge is -2.14. The highest BCUT2D eigenvalue weighted by molar-refractivity contribution is 9.10. The summed E-state index contributed by atoms with van der Waals surface area (Å²) >= 11 is 3.50. The fraction of sp³-hybridized carbons (Fsp3) is 0.333. The molecular weight excluding hydrogens is 266 g/mol. The molecule has 0 aliphatic rings. The average Bonchev–Trinajstić information content (AvgIpc) is 2.67. The average molecular weight is 280 g/mol. The predicted molar refractivity (Wildman–Crippen MR) is 67.3 cm³/mol. The van der Waals surface area contributed by atoms with Gasteiger partial charge in [-0.15, -0.1) is 10.2 Å². The van der Waals surface area contributed by atoms with Crippen molar-refractivity contribution in [2.45, 2.75) is 19.3 Å². The van der Waals surface area contributed by atoms with E-state index in [1.807, 2.05) is 17.7 Å². The lowest BCUT2D eigenvalue weighted by molar-refractivity contribution is 0.671. The van der Waals surface area contributed by atoms with Crippen molar-refractivity contribution < 1.29 is 0 Å². The molecule has 1 atom stereocenters. The molecule has 2 aromatic rings. The van der Waals surface area contributed by atoms with Crippen molar-refractivity contribution >= 4 is 15.9 Å². The van der Waals surface area contributed by atoms with E-state index in [0.29, 0.717) is 5.92 Å². The lowest BCUT2D eigenvalue weighted by atomic mass is 9.96. The Morgan fingerprint density at radius 3 is 2.81 bits per heavy atom. The van der Waals surface area contributed by atoms with E-state index >= 15 is 0 Å². The van der Waals surface area contributed by atoms with Crippen molar-refractivity contribution in [1.29, 1.82) is 0 Å². The van der Waals surface area contributed by atoms with Crippen LogP contribution in [0.15, 0.2) is 35.1 Å². The van der Waals surface area contributed by atoms with E-state index in [9.17, 15) is 0 Å². The van der Waals surface area contributed by atoms with Gasteiger partial charge >= 0.3 is 0 Å². The van der Waals surface area contributed by atoms with E-state index in [0.717, 1.165) is 16.7 Å². The summed E-state index contributed by atoms with van der Waals surface area (Å²) in [5.41, 5.74) is 1.27. The highest BCUT2D eigenvalue weighted by atomic mass is 79.9. The van der Waals surface area contributed by atoms with Gasteiger partial charge < -0.3 is 4.57 Å². The third-order valence-electron chi connectivity index (χ3n) is 2.72. The van der Waals surface area contributed by atoms with Gasteiger partial charge in [0.15, 0.2) is 0 Å². The largest absolute Gasteiger partial charge is 0.320 e. The maximum atomic E-state index is 4.19. The minimum Gasteiger partial charge on any atom is -0.320 e. The molecule has 0 aliphatic heterocycles. The number of aryl methyl sites for hydroxylation is 1. The van der Waals surface area contributed by atoms with Crippen molar-refractivity contribution in [3.05, 3.63) is 46.5 Å². The summed E-state index contributed by atoms with van der Waals surface area (Å²) in [4.78, 5) is 0. The smallest absolute Gasteiger partial charge is 0.140 e. The van der Waals surface area contributed by atoms with Gasteiger partial charge in [-0.2, -0.15) is 0 Å². The van der Waals surface area contributed by atoms with Crippen LogP contribution in [-0.4, -0.2) is 14.8 Å². The third-order valence-corrected chi connectivity index (χ3v) is 3.21. The minimum absolute atomic E-state index is 0.310. The molecule has 2 rings (SSSR count). The highest BCUT2D eigenvalue weighted by Crippen LogP contribution is 2.27. The van der Waals surface area contributed by atoms with Crippen LogP contribution < -0.4 is 0 Å². The molecule has 84 valence electrons. The topological polar surface area (TPSA) is 30.7 Å². The number of nitrogens with zero attached hydrogens (tertiary/aromatic N) is 3. The molecule has 0 bridgehead atoms. The first kappa shape index (κ1) is 11.3. The molecule has 3 nitrogen and oxygen atoms in total. The highest BCUT2D eigenvalue weighted by Gasteiger charge is 2.16. The second kappa shape index (κ2) is 4.78. The van der Waals surface area contributed by atoms with E-state index in [2.05, 4.69) is 51.3 Å². The van der Waals surface area contributed by atoms with E-state index in [1.165, 1.54) is 5.56 Å².